The van der Waals surface area contributed by atoms with E-state index in [0.717, 1.165) is 11.3 Å². The Morgan fingerprint density at radius 1 is 1.20 bits per heavy atom. The molecule has 8 heteroatoms. The molecule has 0 radical (unpaired) electrons. The Kier molecular flexibility index (Phi) is 7.18. The fourth-order valence-electron chi connectivity index (χ4n) is 2.41. The molecule has 1 aromatic carbocycles. The molecule has 0 fully saturated rings. The number of amides is 2. The number of anilines is 1. The fraction of sp³-hybridized carbons (Fsp3) is 0.136. The monoisotopic (exact) mass is 423 g/mol. The average Bonchev–Trinajstić information content (AvgIpc) is 3.41. The lowest BCUT2D eigenvalue weighted by molar-refractivity contribution is -0.118. The Morgan fingerprint density at radius 3 is 2.63 bits per heavy atom. The van der Waals surface area contributed by atoms with Crippen LogP contribution in [0.1, 0.15) is 25.2 Å². The zero-order valence-corrected chi connectivity index (χ0v) is 17.3. The quantitative estimate of drug-likeness (QED) is 0.526. The van der Waals surface area contributed by atoms with E-state index in [0.29, 0.717) is 10.9 Å². The third-order valence-corrected chi connectivity index (χ3v) is 4.35. The Labute approximate surface area is 178 Å². The second-order valence-corrected chi connectivity index (χ2v) is 7.32. The van der Waals surface area contributed by atoms with Crippen molar-refractivity contribution in [2.75, 3.05) is 5.32 Å². The zero-order valence-electron chi connectivity index (χ0n) is 16.5. The number of ether oxygens (including phenoxy) is 1. The normalized spacial score (nSPS) is 11.6. The van der Waals surface area contributed by atoms with Gasteiger partial charge in [-0.2, -0.15) is 0 Å². The standard InChI is InChI=1S/C22H21N3O4S/c1-15(2)29-18-7-5-16(6-8-18)14-19(21(27)25-22-23-11-13-30-22)24-20(26)10-9-17-4-3-12-28-17/h3-15H,1-2H3,(H,24,26)(H,23,25,27)/b10-9+,19-14-. The van der Waals surface area contributed by atoms with Crippen LogP contribution in [0.4, 0.5) is 5.13 Å². The number of aromatic nitrogens is 1. The van der Waals surface area contributed by atoms with Gasteiger partial charge in [0, 0.05) is 17.7 Å². The molecule has 30 heavy (non-hydrogen) atoms. The summed E-state index contributed by atoms with van der Waals surface area (Å²) in [6.45, 7) is 3.89. The minimum Gasteiger partial charge on any atom is -0.491 e. The molecule has 0 spiro atoms. The van der Waals surface area contributed by atoms with Crippen LogP contribution in [-0.2, 0) is 9.59 Å². The maximum absolute atomic E-state index is 12.7. The Balaban J connectivity index is 1.78. The predicted octanol–water partition coefficient (Wildman–Crippen LogP) is 4.33. The summed E-state index contributed by atoms with van der Waals surface area (Å²) in [6, 6.07) is 10.7. The fourth-order valence-corrected chi connectivity index (χ4v) is 2.93. The number of hydrogen-bond acceptors (Lipinski definition) is 6. The molecule has 2 amide bonds. The molecule has 154 valence electrons. The van der Waals surface area contributed by atoms with Crippen LogP contribution in [0.2, 0.25) is 0 Å². The highest BCUT2D eigenvalue weighted by Crippen LogP contribution is 2.17. The Hall–Kier alpha value is -3.65. The molecule has 0 aliphatic heterocycles. The molecule has 2 N–H and O–H groups in total. The van der Waals surface area contributed by atoms with Gasteiger partial charge in [-0.05, 0) is 55.8 Å². The summed E-state index contributed by atoms with van der Waals surface area (Å²) in [4.78, 5) is 29.1. The lowest BCUT2D eigenvalue weighted by Gasteiger charge is -2.10. The van der Waals surface area contributed by atoms with E-state index >= 15 is 0 Å². The summed E-state index contributed by atoms with van der Waals surface area (Å²) >= 11 is 1.28. The smallest absolute Gasteiger partial charge is 0.273 e. The van der Waals surface area contributed by atoms with Gasteiger partial charge in [-0.3, -0.25) is 14.9 Å². The minimum absolute atomic E-state index is 0.0614. The first-order valence-corrected chi connectivity index (χ1v) is 10.1. The van der Waals surface area contributed by atoms with Crippen LogP contribution in [0.5, 0.6) is 5.75 Å². The average molecular weight is 423 g/mol. The number of rotatable bonds is 8. The van der Waals surface area contributed by atoms with Gasteiger partial charge in [-0.1, -0.05) is 12.1 Å². The molecule has 0 aliphatic rings. The van der Waals surface area contributed by atoms with Gasteiger partial charge in [-0.15, -0.1) is 11.3 Å². The number of carbonyl (C=O) groups is 2. The van der Waals surface area contributed by atoms with E-state index in [1.54, 1.807) is 54.1 Å². The molecular weight excluding hydrogens is 402 g/mol. The first kappa shape index (κ1) is 21.1. The van der Waals surface area contributed by atoms with Crippen molar-refractivity contribution in [3.8, 4) is 5.75 Å². The Morgan fingerprint density at radius 2 is 2.00 bits per heavy atom. The van der Waals surface area contributed by atoms with E-state index in [2.05, 4.69) is 15.6 Å². The zero-order chi connectivity index (χ0) is 21.3. The van der Waals surface area contributed by atoms with Gasteiger partial charge in [0.2, 0.25) is 5.91 Å². The topological polar surface area (TPSA) is 93.5 Å². The molecule has 2 heterocycles. The third-order valence-electron chi connectivity index (χ3n) is 3.66. The molecule has 0 saturated carbocycles. The van der Waals surface area contributed by atoms with Crippen molar-refractivity contribution in [2.24, 2.45) is 0 Å². The molecule has 0 unspecified atom stereocenters. The summed E-state index contributed by atoms with van der Waals surface area (Å²) < 4.78 is 10.8. The highest BCUT2D eigenvalue weighted by molar-refractivity contribution is 7.13. The van der Waals surface area contributed by atoms with E-state index in [1.807, 2.05) is 13.8 Å². The van der Waals surface area contributed by atoms with Crippen LogP contribution in [0.25, 0.3) is 12.2 Å². The summed E-state index contributed by atoms with van der Waals surface area (Å²) in [5.41, 5.74) is 0.808. The van der Waals surface area contributed by atoms with Gasteiger partial charge in [0.25, 0.3) is 5.91 Å². The summed E-state index contributed by atoms with van der Waals surface area (Å²) in [5.74, 6) is 0.309. The van der Waals surface area contributed by atoms with Crippen molar-refractivity contribution >= 4 is 40.4 Å². The summed E-state index contributed by atoms with van der Waals surface area (Å²) in [5, 5.41) is 7.47. The van der Waals surface area contributed by atoms with Crippen molar-refractivity contribution in [1.29, 1.82) is 0 Å². The number of furan rings is 1. The van der Waals surface area contributed by atoms with E-state index < -0.39 is 11.8 Å². The molecule has 0 aliphatic carbocycles. The van der Waals surface area contributed by atoms with E-state index in [4.69, 9.17) is 9.15 Å². The van der Waals surface area contributed by atoms with Crippen LogP contribution >= 0.6 is 11.3 Å². The molecule has 2 aromatic heterocycles. The van der Waals surface area contributed by atoms with Crippen molar-refractivity contribution in [3.05, 3.63) is 77.3 Å². The van der Waals surface area contributed by atoms with Crippen molar-refractivity contribution in [1.82, 2.24) is 10.3 Å². The number of nitrogens with zero attached hydrogens (tertiary/aromatic N) is 1. The highest BCUT2D eigenvalue weighted by atomic mass is 32.1. The van der Waals surface area contributed by atoms with Crippen LogP contribution < -0.4 is 15.4 Å². The molecule has 0 atom stereocenters. The highest BCUT2D eigenvalue weighted by Gasteiger charge is 2.14. The number of benzene rings is 1. The molecule has 3 rings (SSSR count). The first-order chi connectivity index (χ1) is 14.5. The first-order valence-electron chi connectivity index (χ1n) is 9.21. The molecule has 0 bridgehead atoms. The molecular formula is C22H21N3O4S. The third kappa shape index (κ3) is 6.46. The molecule has 0 saturated heterocycles. The van der Waals surface area contributed by atoms with Crippen LogP contribution in [0.15, 0.2) is 70.4 Å². The summed E-state index contributed by atoms with van der Waals surface area (Å²) in [7, 11) is 0. The molecule has 3 aromatic rings. The largest absolute Gasteiger partial charge is 0.491 e. The number of nitrogens with one attached hydrogen (secondary N) is 2. The van der Waals surface area contributed by atoms with Gasteiger partial charge >= 0.3 is 0 Å². The van der Waals surface area contributed by atoms with Gasteiger partial charge in [0.15, 0.2) is 5.13 Å². The van der Waals surface area contributed by atoms with E-state index in [-0.39, 0.29) is 11.8 Å². The van der Waals surface area contributed by atoms with Gasteiger partial charge in [0.05, 0.1) is 12.4 Å². The lowest BCUT2D eigenvalue weighted by Crippen LogP contribution is -2.29. The van der Waals surface area contributed by atoms with Crippen molar-refractivity contribution in [3.63, 3.8) is 0 Å². The maximum Gasteiger partial charge on any atom is 0.273 e. The van der Waals surface area contributed by atoms with Crippen molar-refractivity contribution < 1.29 is 18.7 Å². The second kappa shape index (κ2) is 10.2. The van der Waals surface area contributed by atoms with Gasteiger partial charge in [0.1, 0.15) is 17.2 Å². The molecule has 7 nitrogen and oxygen atoms in total. The van der Waals surface area contributed by atoms with Gasteiger partial charge in [-0.25, -0.2) is 4.98 Å². The van der Waals surface area contributed by atoms with Crippen LogP contribution in [-0.4, -0.2) is 22.9 Å². The number of hydrogen-bond donors (Lipinski definition) is 2. The number of thiazole rings is 1. The van der Waals surface area contributed by atoms with E-state index in [9.17, 15) is 9.59 Å². The SMILES string of the molecule is CC(C)Oc1ccc(/C=C(\NC(=O)/C=C/c2ccco2)C(=O)Nc2nccs2)cc1. The van der Waals surface area contributed by atoms with Crippen molar-refractivity contribution in [2.45, 2.75) is 20.0 Å². The lowest BCUT2D eigenvalue weighted by atomic mass is 10.1. The Bertz CT molecular complexity index is 1020. The van der Waals surface area contributed by atoms with E-state index in [1.165, 1.54) is 29.8 Å². The second-order valence-electron chi connectivity index (χ2n) is 6.42. The maximum atomic E-state index is 12.7. The predicted molar refractivity (Wildman–Crippen MR) is 117 cm³/mol. The van der Waals surface area contributed by atoms with Gasteiger partial charge < -0.3 is 14.5 Å². The number of carbonyl (C=O) groups excluding carboxylic acids is 2. The van der Waals surface area contributed by atoms with Crippen LogP contribution in [0, 0.1) is 0 Å². The summed E-state index contributed by atoms with van der Waals surface area (Å²) in [6.07, 6.45) is 7.55. The minimum atomic E-state index is -0.479. The van der Waals surface area contributed by atoms with Crippen LogP contribution in [0.3, 0.4) is 0 Å².